The van der Waals surface area contributed by atoms with Gasteiger partial charge in [-0.3, -0.25) is 9.59 Å². The third kappa shape index (κ3) is 2.62. The Morgan fingerprint density at radius 3 is 2.53 bits per heavy atom. The van der Waals surface area contributed by atoms with Crippen LogP contribution in [-0.2, 0) is 11.2 Å². The van der Waals surface area contributed by atoms with Crippen LogP contribution in [0.15, 0.2) is 24.3 Å². The molecule has 1 fully saturated rings. The predicted octanol–water partition coefficient (Wildman–Crippen LogP) is 2.18. The fourth-order valence-corrected chi connectivity index (χ4v) is 2.50. The van der Waals surface area contributed by atoms with Gasteiger partial charge in [-0.2, -0.15) is 0 Å². The molecule has 1 saturated carbocycles. The van der Waals surface area contributed by atoms with Crippen molar-refractivity contribution in [1.29, 1.82) is 0 Å². The van der Waals surface area contributed by atoms with E-state index in [0.29, 0.717) is 12.8 Å². The van der Waals surface area contributed by atoms with Crippen molar-refractivity contribution in [3.8, 4) is 0 Å². The van der Waals surface area contributed by atoms with E-state index >= 15 is 0 Å². The summed E-state index contributed by atoms with van der Waals surface area (Å²) in [6.07, 6.45) is 1.94. The first-order valence-electron chi connectivity index (χ1n) is 6.62. The molecular weight excluding hydrogens is 242 g/mol. The molecule has 1 aromatic carbocycles. The topological polar surface area (TPSA) is 57.6 Å². The minimum Gasteiger partial charge on any atom is -0.481 e. The van der Waals surface area contributed by atoms with Crippen molar-refractivity contribution in [2.75, 3.05) is 7.05 Å². The van der Waals surface area contributed by atoms with Crippen LogP contribution < -0.4 is 0 Å². The van der Waals surface area contributed by atoms with Gasteiger partial charge in [0.1, 0.15) is 0 Å². The van der Waals surface area contributed by atoms with E-state index in [2.05, 4.69) is 0 Å². The second kappa shape index (κ2) is 5.43. The molecule has 0 bridgehead atoms. The molecule has 1 aromatic rings. The summed E-state index contributed by atoms with van der Waals surface area (Å²) in [6.45, 7) is 2.02. The summed E-state index contributed by atoms with van der Waals surface area (Å²) in [5, 5.41) is 8.87. The fourth-order valence-electron chi connectivity index (χ4n) is 2.50. The maximum absolute atomic E-state index is 12.4. The highest BCUT2D eigenvalue weighted by Crippen LogP contribution is 2.32. The van der Waals surface area contributed by atoms with Gasteiger partial charge in [0, 0.05) is 18.7 Å². The van der Waals surface area contributed by atoms with Crippen LogP contribution in [-0.4, -0.2) is 35.0 Å². The summed E-state index contributed by atoms with van der Waals surface area (Å²) in [7, 11) is 1.76. The van der Waals surface area contributed by atoms with Gasteiger partial charge in [0.2, 0.25) is 0 Å². The molecule has 2 rings (SSSR count). The van der Waals surface area contributed by atoms with Gasteiger partial charge in [0.05, 0.1) is 5.92 Å². The number of carbonyl (C=O) groups excluding carboxylic acids is 1. The lowest BCUT2D eigenvalue weighted by Gasteiger charge is -2.39. The molecule has 1 aliphatic carbocycles. The Morgan fingerprint density at radius 2 is 1.95 bits per heavy atom. The first-order chi connectivity index (χ1) is 9.04. The van der Waals surface area contributed by atoms with Crippen LogP contribution in [0.3, 0.4) is 0 Å². The zero-order chi connectivity index (χ0) is 14.0. The molecule has 0 atom stereocenters. The first-order valence-corrected chi connectivity index (χ1v) is 6.62. The third-order valence-corrected chi connectivity index (χ3v) is 3.96. The van der Waals surface area contributed by atoms with Crippen LogP contribution in [0, 0.1) is 5.92 Å². The van der Waals surface area contributed by atoms with E-state index in [1.54, 1.807) is 11.9 Å². The number of aryl methyl sites for hydroxylation is 1. The third-order valence-electron chi connectivity index (χ3n) is 3.96. The molecule has 0 spiro atoms. The number of hydrogen-bond donors (Lipinski definition) is 1. The van der Waals surface area contributed by atoms with Crippen LogP contribution in [0.25, 0.3) is 0 Å². The highest BCUT2D eigenvalue weighted by atomic mass is 16.4. The van der Waals surface area contributed by atoms with Gasteiger partial charge in [-0.25, -0.2) is 0 Å². The normalized spacial score (nSPS) is 21.6. The number of carbonyl (C=O) groups is 2. The Morgan fingerprint density at radius 1 is 1.32 bits per heavy atom. The zero-order valence-electron chi connectivity index (χ0n) is 11.3. The van der Waals surface area contributed by atoms with Crippen LogP contribution in [0.2, 0.25) is 0 Å². The molecule has 0 heterocycles. The Bertz CT molecular complexity index is 492. The molecule has 0 saturated heterocycles. The highest BCUT2D eigenvalue weighted by molar-refractivity contribution is 5.96. The lowest BCUT2D eigenvalue weighted by atomic mass is 9.79. The molecule has 0 unspecified atom stereocenters. The fraction of sp³-hybridized carbons (Fsp3) is 0.467. The molecule has 4 nitrogen and oxygen atoms in total. The number of rotatable bonds is 4. The van der Waals surface area contributed by atoms with Gasteiger partial charge in [-0.15, -0.1) is 0 Å². The minimum absolute atomic E-state index is 0.00807. The van der Waals surface area contributed by atoms with Gasteiger partial charge in [0.25, 0.3) is 5.91 Å². The maximum Gasteiger partial charge on any atom is 0.306 e. The standard InChI is InChI=1S/C15H19NO3/c1-3-10-6-4-5-7-13(10)14(17)16(2)12-8-11(9-12)15(18)19/h4-7,11-12H,3,8-9H2,1-2H3,(H,18,19). The molecule has 1 N–H and O–H groups in total. The second-order valence-electron chi connectivity index (χ2n) is 5.09. The number of carboxylic acids is 1. The summed E-state index contributed by atoms with van der Waals surface area (Å²) in [5.74, 6) is -1.06. The summed E-state index contributed by atoms with van der Waals surface area (Å²) in [5.41, 5.74) is 1.76. The van der Waals surface area contributed by atoms with Crippen molar-refractivity contribution in [1.82, 2.24) is 4.90 Å². The van der Waals surface area contributed by atoms with Crippen LogP contribution in [0.1, 0.15) is 35.7 Å². The van der Waals surface area contributed by atoms with Crippen LogP contribution >= 0.6 is 0 Å². The first kappa shape index (κ1) is 13.6. The molecule has 0 radical (unpaired) electrons. The molecule has 1 aliphatic rings. The number of hydrogen-bond acceptors (Lipinski definition) is 2. The smallest absolute Gasteiger partial charge is 0.306 e. The van der Waals surface area contributed by atoms with Crippen molar-refractivity contribution in [3.63, 3.8) is 0 Å². The Labute approximate surface area is 113 Å². The van der Waals surface area contributed by atoms with E-state index < -0.39 is 5.97 Å². The number of benzene rings is 1. The SMILES string of the molecule is CCc1ccccc1C(=O)N(C)C1CC(C(=O)O)C1. The summed E-state index contributed by atoms with van der Waals surface area (Å²) in [4.78, 5) is 24.9. The van der Waals surface area contributed by atoms with Crippen molar-refractivity contribution >= 4 is 11.9 Å². The largest absolute Gasteiger partial charge is 0.481 e. The van der Waals surface area contributed by atoms with Gasteiger partial charge >= 0.3 is 5.97 Å². The van der Waals surface area contributed by atoms with Crippen molar-refractivity contribution in [3.05, 3.63) is 35.4 Å². The number of amides is 1. The number of carboxylic acid groups (broad SMARTS) is 1. The molecule has 4 heteroatoms. The molecule has 19 heavy (non-hydrogen) atoms. The van der Waals surface area contributed by atoms with Crippen molar-refractivity contribution in [2.24, 2.45) is 5.92 Å². The van der Waals surface area contributed by atoms with E-state index in [-0.39, 0.29) is 17.9 Å². The number of nitrogens with zero attached hydrogens (tertiary/aromatic N) is 1. The van der Waals surface area contributed by atoms with Crippen molar-refractivity contribution < 1.29 is 14.7 Å². The molecule has 1 amide bonds. The average molecular weight is 261 g/mol. The summed E-state index contributed by atoms with van der Waals surface area (Å²) >= 11 is 0. The molecule has 0 aromatic heterocycles. The van der Waals surface area contributed by atoms with Crippen molar-refractivity contribution in [2.45, 2.75) is 32.2 Å². The Kier molecular flexibility index (Phi) is 3.88. The lowest BCUT2D eigenvalue weighted by Crippen LogP contribution is -2.47. The van der Waals surface area contributed by atoms with Gasteiger partial charge in [0.15, 0.2) is 0 Å². The predicted molar refractivity (Wildman–Crippen MR) is 72.1 cm³/mol. The molecule has 102 valence electrons. The Balaban J connectivity index is 2.06. The lowest BCUT2D eigenvalue weighted by molar-refractivity contribution is -0.146. The van der Waals surface area contributed by atoms with E-state index in [9.17, 15) is 9.59 Å². The van der Waals surface area contributed by atoms with E-state index in [1.807, 2.05) is 31.2 Å². The second-order valence-corrected chi connectivity index (χ2v) is 5.09. The van der Waals surface area contributed by atoms with E-state index in [4.69, 9.17) is 5.11 Å². The average Bonchev–Trinajstić information content (AvgIpc) is 2.35. The van der Waals surface area contributed by atoms with Crippen LogP contribution in [0.4, 0.5) is 0 Å². The highest BCUT2D eigenvalue weighted by Gasteiger charge is 2.38. The quantitative estimate of drug-likeness (QED) is 0.903. The van der Waals surface area contributed by atoms with Gasteiger partial charge in [-0.1, -0.05) is 25.1 Å². The summed E-state index contributed by atoms with van der Waals surface area (Å²) in [6, 6.07) is 7.64. The van der Waals surface area contributed by atoms with Gasteiger partial charge < -0.3 is 10.0 Å². The van der Waals surface area contributed by atoms with E-state index in [1.165, 1.54) is 0 Å². The number of aliphatic carboxylic acids is 1. The van der Waals surface area contributed by atoms with Gasteiger partial charge in [-0.05, 0) is 30.9 Å². The monoisotopic (exact) mass is 261 g/mol. The molecule has 0 aliphatic heterocycles. The van der Waals surface area contributed by atoms with Crippen LogP contribution in [0.5, 0.6) is 0 Å². The summed E-state index contributed by atoms with van der Waals surface area (Å²) < 4.78 is 0. The molecular formula is C15H19NO3. The maximum atomic E-state index is 12.4. The minimum atomic E-state index is -0.758. The Hall–Kier alpha value is -1.84. The van der Waals surface area contributed by atoms with E-state index in [0.717, 1.165) is 17.5 Å². The zero-order valence-corrected chi connectivity index (χ0v) is 11.3.